The Morgan fingerprint density at radius 2 is 1.50 bits per heavy atom. The number of carbonyl (C=O) groups excluding carboxylic acids is 2. The first kappa shape index (κ1) is 30.1. The van der Waals surface area contributed by atoms with Crippen LogP contribution >= 0.6 is 0 Å². The Morgan fingerprint density at radius 3 is 2.20 bits per heavy atom. The summed E-state index contributed by atoms with van der Waals surface area (Å²) in [6.07, 6.45) is 2.70. The van der Waals surface area contributed by atoms with Gasteiger partial charge in [-0.1, -0.05) is 24.6 Å². The van der Waals surface area contributed by atoms with Gasteiger partial charge in [-0.25, -0.2) is 8.42 Å². The van der Waals surface area contributed by atoms with E-state index >= 15 is 0 Å². The van der Waals surface area contributed by atoms with Gasteiger partial charge in [-0.2, -0.15) is 4.31 Å². The number of fused-ring (bicyclic) bond motifs is 1. The molecule has 0 bridgehead atoms. The van der Waals surface area contributed by atoms with Crippen molar-refractivity contribution in [2.75, 3.05) is 38.3 Å². The second-order valence-electron chi connectivity index (χ2n) is 11.7. The number of rotatable bonds is 7. The number of ether oxygens (including phenoxy) is 2. The van der Waals surface area contributed by atoms with Crippen LogP contribution in [0.3, 0.4) is 0 Å². The van der Waals surface area contributed by atoms with Crippen molar-refractivity contribution in [3.05, 3.63) is 83.4 Å². The minimum absolute atomic E-state index is 0.0600. The fraction of sp³-hybridized carbons (Fsp3) is 0.394. The number of benzene rings is 3. The van der Waals surface area contributed by atoms with Crippen LogP contribution in [0.15, 0.2) is 71.6 Å². The third-order valence-electron chi connectivity index (χ3n) is 8.70. The molecule has 0 aromatic heterocycles. The van der Waals surface area contributed by atoms with Crippen molar-refractivity contribution in [1.29, 1.82) is 0 Å². The predicted octanol–water partition coefficient (Wildman–Crippen LogP) is 4.58. The van der Waals surface area contributed by atoms with Crippen LogP contribution in [0.5, 0.6) is 11.5 Å². The zero-order chi connectivity index (χ0) is 30.8. The maximum absolute atomic E-state index is 13.6. The average Bonchev–Trinajstić information content (AvgIpc) is 3.49. The van der Waals surface area contributed by atoms with Crippen molar-refractivity contribution in [3.63, 3.8) is 0 Å². The zero-order valence-corrected chi connectivity index (χ0v) is 25.9. The fourth-order valence-electron chi connectivity index (χ4n) is 6.35. The molecule has 44 heavy (non-hydrogen) atoms. The Morgan fingerprint density at radius 1 is 0.841 bits per heavy atom. The Balaban J connectivity index is 1.08. The molecular formula is C33H38N4O6S. The number of sulfonamides is 1. The van der Waals surface area contributed by atoms with Gasteiger partial charge in [-0.15, -0.1) is 0 Å². The molecule has 3 aromatic carbocycles. The minimum atomic E-state index is -3.66. The largest absolute Gasteiger partial charge is 0.454 e. The van der Waals surface area contributed by atoms with Gasteiger partial charge in [0, 0.05) is 50.5 Å². The Kier molecular flexibility index (Phi) is 8.61. The van der Waals surface area contributed by atoms with Crippen molar-refractivity contribution >= 4 is 27.5 Å². The summed E-state index contributed by atoms with van der Waals surface area (Å²) in [7, 11) is -3.66. The van der Waals surface area contributed by atoms with Gasteiger partial charge in [0.15, 0.2) is 11.5 Å². The maximum atomic E-state index is 13.6. The highest BCUT2D eigenvalue weighted by Gasteiger charge is 2.35. The van der Waals surface area contributed by atoms with Gasteiger partial charge in [-0.3, -0.25) is 14.5 Å². The molecule has 0 unspecified atom stereocenters. The van der Waals surface area contributed by atoms with Gasteiger partial charge in [0.1, 0.15) is 0 Å². The number of hydrogen-bond donors (Lipinski definition) is 1. The van der Waals surface area contributed by atoms with E-state index in [0.717, 1.165) is 42.9 Å². The molecule has 0 aliphatic carbocycles. The second-order valence-corrected chi connectivity index (χ2v) is 13.6. The van der Waals surface area contributed by atoms with Crippen LogP contribution in [0.4, 0.5) is 5.69 Å². The summed E-state index contributed by atoms with van der Waals surface area (Å²) in [6.45, 7) is 7.38. The molecule has 0 radical (unpaired) electrons. The molecule has 11 heteroatoms. The average molecular weight is 619 g/mol. The smallest absolute Gasteiger partial charge is 0.256 e. The molecule has 3 heterocycles. The lowest BCUT2D eigenvalue weighted by Crippen LogP contribution is -2.48. The van der Waals surface area contributed by atoms with Crippen LogP contribution < -0.4 is 14.8 Å². The van der Waals surface area contributed by atoms with E-state index in [1.165, 1.54) is 12.1 Å². The molecule has 3 aliphatic heterocycles. The Hall–Kier alpha value is -3.93. The lowest BCUT2D eigenvalue weighted by molar-refractivity contribution is 0.0625. The van der Waals surface area contributed by atoms with Crippen LogP contribution in [-0.2, 0) is 16.6 Å². The predicted molar refractivity (Wildman–Crippen MR) is 166 cm³/mol. The minimum Gasteiger partial charge on any atom is -0.454 e. The third-order valence-corrected chi connectivity index (χ3v) is 10.8. The van der Waals surface area contributed by atoms with Crippen molar-refractivity contribution in [2.24, 2.45) is 0 Å². The maximum Gasteiger partial charge on any atom is 0.256 e. The van der Waals surface area contributed by atoms with E-state index in [0.29, 0.717) is 37.4 Å². The normalized spacial score (nSPS) is 20.8. The van der Waals surface area contributed by atoms with Crippen molar-refractivity contribution in [1.82, 2.24) is 14.1 Å². The first-order valence-corrected chi connectivity index (χ1v) is 16.6. The molecule has 2 saturated heterocycles. The fourth-order valence-corrected chi connectivity index (χ4v) is 8.23. The summed E-state index contributed by atoms with van der Waals surface area (Å²) < 4.78 is 39.2. The van der Waals surface area contributed by atoms with Gasteiger partial charge in [0.25, 0.3) is 11.8 Å². The molecule has 2 atom stereocenters. The van der Waals surface area contributed by atoms with Crippen LogP contribution in [0.25, 0.3) is 0 Å². The molecule has 3 aliphatic rings. The van der Waals surface area contributed by atoms with Gasteiger partial charge in [0.2, 0.25) is 16.8 Å². The van der Waals surface area contributed by atoms with E-state index < -0.39 is 15.9 Å². The van der Waals surface area contributed by atoms with E-state index in [2.05, 4.69) is 10.2 Å². The summed E-state index contributed by atoms with van der Waals surface area (Å²) >= 11 is 0. The highest BCUT2D eigenvalue weighted by atomic mass is 32.2. The summed E-state index contributed by atoms with van der Waals surface area (Å²) in [5.74, 6) is 0.900. The van der Waals surface area contributed by atoms with Crippen LogP contribution in [0, 0.1) is 0 Å². The Labute approximate surface area is 258 Å². The van der Waals surface area contributed by atoms with E-state index in [-0.39, 0.29) is 35.2 Å². The molecule has 232 valence electrons. The number of anilines is 1. The summed E-state index contributed by atoms with van der Waals surface area (Å²) in [6, 6.07) is 18.9. The van der Waals surface area contributed by atoms with Crippen molar-refractivity contribution in [2.45, 2.75) is 56.6 Å². The van der Waals surface area contributed by atoms with E-state index in [4.69, 9.17) is 9.47 Å². The van der Waals surface area contributed by atoms with Gasteiger partial charge >= 0.3 is 0 Å². The highest BCUT2D eigenvalue weighted by Crippen LogP contribution is 2.33. The molecule has 3 aromatic rings. The number of carbonyl (C=O) groups is 2. The van der Waals surface area contributed by atoms with E-state index in [1.54, 1.807) is 45.6 Å². The SMILES string of the molecule is C[C@H]1CCC[C@H](C)N1S(=O)(=O)c1ccc(NC(=O)c2ccccc2C(=O)N2CCN(Cc3ccc4c(c3)OCO4)CC2)cc1. The lowest BCUT2D eigenvalue weighted by Gasteiger charge is -2.37. The third kappa shape index (κ3) is 6.17. The summed E-state index contributed by atoms with van der Waals surface area (Å²) in [5.41, 5.74) is 2.18. The van der Waals surface area contributed by atoms with Crippen molar-refractivity contribution < 1.29 is 27.5 Å². The lowest BCUT2D eigenvalue weighted by atomic mass is 10.0. The molecule has 1 N–H and O–H groups in total. The van der Waals surface area contributed by atoms with E-state index in [1.807, 2.05) is 32.0 Å². The molecule has 0 spiro atoms. The van der Waals surface area contributed by atoms with Crippen LogP contribution in [0.1, 0.15) is 59.4 Å². The molecule has 10 nitrogen and oxygen atoms in total. The number of hydrogen-bond acceptors (Lipinski definition) is 7. The first-order valence-electron chi connectivity index (χ1n) is 15.1. The topological polar surface area (TPSA) is 108 Å². The summed E-state index contributed by atoms with van der Waals surface area (Å²) in [5, 5.41) is 2.84. The Bertz CT molecular complexity index is 1630. The number of nitrogens with zero attached hydrogens (tertiary/aromatic N) is 3. The quantitative estimate of drug-likeness (QED) is 0.413. The number of piperidine rings is 1. The molecule has 2 fully saturated rings. The molecular weight excluding hydrogens is 580 g/mol. The number of amides is 2. The van der Waals surface area contributed by atoms with Gasteiger partial charge < -0.3 is 19.7 Å². The first-order chi connectivity index (χ1) is 21.2. The zero-order valence-electron chi connectivity index (χ0n) is 25.1. The monoisotopic (exact) mass is 618 g/mol. The standard InChI is InChI=1S/C33H38N4O6S/c1-23-6-5-7-24(2)37(23)44(40,41)27-13-11-26(12-14-27)34-32(38)28-8-3-4-9-29(28)33(39)36-18-16-35(17-19-36)21-25-10-15-30-31(20-25)43-22-42-30/h3-4,8-15,20,23-24H,5-7,16-19,21-22H2,1-2H3,(H,34,38)/t23-,24-/m0/s1. The highest BCUT2D eigenvalue weighted by molar-refractivity contribution is 7.89. The summed E-state index contributed by atoms with van der Waals surface area (Å²) in [4.78, 5) is 31.2. The second kappa shape index (κ2) is 12.6. The van der Waals surface area contributed by atoms with E-state index in [9.17, 15) is 18.0 Å². The van der Waals surface area contributed by atoms with Gasteiger partial charge in [-0.05, 0) is 80.8 Å². The van der Waals surface area contributed by atoms with Crippen LogP contribution in [-0.4, -0.2) is 79.4 Å². The molecule has 2 amide bonds. The van der Waals surface area contributed by atoms with Crippen molar-refractivity contribution in [3.8, 4) is 11.5 Å². The van der Waals surface area contributed by atoms with Crippen LogP contribution in [0.2, 0.25) is 0 Å². The number of nitrogens with one attached hydrogen (secondary N) is 1. The molecule has 0 saturated carbocycles. The van der Waals surface area contributed by atoms with Gasteiger partial charge in [0.05, 0.1) is 16.0 Å². The molecule has 6 rings (SSSR count). The number of piperazine rings is 1.